The van der Waals surface area contributed by atoms with Crippen molar-refractivity contribution in [2.45, 2.75) is 20.1 Å². The quantitative estimate of drug-likeness (QED) is 0.752. The predicted octanol–water partition coefficient (Wildman–Crippen LogP) is 5.22. The molecule has 2 aromatic rings. The number of hydrogen-bond donors (Lipinski definition) is 2. The first-order valence-corrected chi connectivity index (χ1v) is 7.65. The Morgan fingerprint density at radius 3 is 2.67 bits per heavy atom. The summed E-state index contributed by atoms with van der Waals surface area (Å²) in [4.78, 5) is 12.0. The SMILES string of the molecule is Cc1cccc(OC(F)F)c1NC(=O)NCc1ccc(Cl)cc1Cl. The number of alkyl halides is 2. The zero-order chi connectivity index (χ0) is 17.7. The summed E-state index contributed by atoms with van der Waals surface area (Å²) in [5.41, 5.74) is 1.44. The van der Waals surface area contributed by atoms with Gasteiger partial charge < -0.3 is 15.4 Å². The van der Waals surface area contributed by atoms with E-state index in [2.05, 4.69) is 15.4 Å². The van der Waals surface area contributed by atoms with Gasteiger partial charge in [0.15, 0.2) is 0 Å². The average Bonchev–Trinajstić information content (AvgIpc) is 2.49. The van der Waals surface area contributed by atoms with Crippen molar-refractivity contribution in [3.05, 3.63) is 57.6 Å². The number of anilines is 1. The molecule has 0 unspecified atom stereocenters. The van der Waals surface area contributed by atoms with Crippen LogP contribution in [-0.4, -0.2) is 12.6 Å². The highest BCUT2D eigenvalue weighted by molar-refractivity contribution is 6.35. The fraction of sp³-hybridized carbons (Fsp3) is 0.188. The molecule has 2 amide bonds. The van der Waals surface area contributed by atoms with E-state index in [1.807, 2.05) is 0 Å². The maximum atomic E-state index is 12.4. The van der Waals surface area contributed by atoms with Gasteiger partial charge in [0.2, 0.25) is 0 Å². The molecule has 8 heteroatoms. The Labute approximate surface area is 147 Å². The third kappa shape index (κ3) is 4.97. The Hall–Kier alpha value is -2.05. The van der Waals surface area contributed by atoms with Crippen LogP contribution in [0.3, 0.4) is 0 Å². The number of rotatable bonds is 5. The van der Waals surface area contributed by atoms with Gasteiger partial charge in [0, 0.05) is 16.6 Å². The lowest BCUT2D eigenvalue weighted by molar-refractivity contribution is -0.0493. The second kappa shape index (κ2) is 8.17. The monoisotopic (exact) mass is 374 g/mol. The zero-order valence-corrected chi connectivity index (χ0v) is 14.1. The first-order chi connectivity index (χ1) is 11.4. The summed E-state index contributed by atoms with van der Waals surface area (Å²) in [6, 6.07) is 8.91. The highest BCUT2D eigenvalue weighted by atomic mass is 35.5. The number of amides is 2. The molecule has 2 N–H and O–H groups in total. The third-order valence-corrected chi connectivity index (χ3v) is 3.73. The molecule has 0 aliphatic carbocycles. The third-order valence-electron chi connectivity index (χ3n) is 3.14. The molecule has 2 rings (SSSR count). The number of nitrogens with one attached hydrogen (secondary N) is 2. The Morgan fingerprint density at radius 2 is 2.00 bits per heavy atom. The fourth-order valence-electron chi connectivity index (χ4n) is 1.99. The van der Waals surface area contributed by atoms with Gasteiger partial charge in [0.05, 0.1) is 5.69 Å². The van der Waals surface area contributed by atoms with Gasteiger partial charge in [0.25, 0.3) is 0 Å². The van der Waals surface area contributed by atoms with E-state index >= 15 is 0 Å². The fourth-order valence-corrected chi connectivity index (χ4v) is 2.47. The van der Waals surface area contributed by atoms with Crippen LogP contribution < -0.4 is 15.4 Å². The van der Waals surface area contributed by atoms with Gasteiger partial charge in [-0.15, -0.1) is 0 Å². The van der Waals surface area contributed by atoms with Crippen LogP contribution in [0.4, 0.5) is 19.3 Å². The van der Waals surface area contributed by atoms with Crippen molar-refractivity contribution in [3.8, 4) is 5.75 Å². The van der Waals surface area contributed by atoms with Crippen LogP contribution in [0.15, 0.2) is 36.4 Å². The van der Waals surface area contributed by atoms with E-state index in [4.69, 9.17) is 23.2 Å². The molecule has 0 heterocycles. The van der Waals surface area contributed by atoms with Crippen molar-refractivity contribution in [1.82, 2.24) is 5.32 Å². The molecule has 0 spiro atoms. The van der Waals surface area contributed by atoms with Gasteiger partial charge in [-0.3, -0.25) is 0 Å². The lowest BCUT2D eigenvalue weighted by Gasteiger charge is -2.15. The smallest absolute Gasteiger partial charge is 0.387 e. The van der Waals surface area contributed by atoms with Crippen molar-refractivity contribution < 1.29 is 18.3 Å². The van der Waals surface area contributed by atoms with Gasteiger partial charge in [-0.2, -0.15) is 8.78 Å². The van der Waals surface area contributed by atoms with Gasteiger partial charge in [-0.05, 0) is 36.2 Å². The highest BCUT2D eigenvalue weighted by Gasteiger charge is 2.14. The number of urea groups is 1. The van der Waals surface area contributed by atoms with Gasteiger partial charge >= 0.3 is 12.6 Å². The molecule has 2 aromatic carbocycles. The maximum Gasteiger partial charge on any atom is 0.387 e. The second-order valence-electron chi connectivity index (χ2n) is 4.87. The number of hydrogen-bond acceptors (Lipinski definition) is 2. The van der Waals surface area contributed by atoms with Crippen LogP contribution in [0, 0.1) is 6.92 Å². The van der Waals surface area contributed by atoms with E-state index in [1.165, 1.54) is 6.07 Å². The number of aryl methyl sites for hydroxylation is 1. The summed E-state index contributed by atoms with van der Waals surface area (Å²) >= 11 is 11.8. The minimum atomic E-state index is -2.98. The molecule has 128 valence electrons. The minimum absolute atomic E-state index is 0.107. The van der Waals surface area contributed by atoms with Gasteiger partial charge in [-0.25, -0.2) is 4.79 Å². The molecule has 0 atom stereocenters. The molecule has 0 saturated heterocycles. The Morgan fingerprint density at radius 1 is 1.25 bits per heavy atom. The van der Waals surface area contributed by atoms with Crippen LogP contribution in [0.5, 0.6) is 5.75 Å². The van der Waals surface area contributed by atoms with Crippen molar-refractivity contribution in [3.63, 3.8) is 0 Å². The Kier molecular flexibility index (Phi) is 6.23. The number of carbonyl (C=O) groups excluding carboxylic acids is 1. The zero-order valence-electron chi connectivity index (χ0n) is 12.6. The van der Waals surface area contributed by atoms with Crippen LogP contribution in [-0.2, 0) is 6.54 Å². The lowest BCUT2D eigenvalue weighted by Crippen LogP contribution is -2.29. The highest BCUT2D eigenvalue weighted by Crippen LogP contribution is 2.29. The van der Waals surface area contributed by atoms with Crippen LogP contribution in [0.25, 0.3) is 0 Å². The Bertz CT molecular complexity index is 742. The molecule has 0 bridgehead atoms. The maximum absolute atomic E-state index is 12.4. The van der Waals surface area contributed by atoms with Crippen molar-refractivity contribution in [2.75, 3.05) is 5.32 Å². The molecule has 24 heavy (non-hydrogen) atoms. The molecule has 0 aliphatic rings. The molecule has 4 nitrogen and oxygen atoms in total. The van der Waals surface area contributed by atoms with E-state index in [0.29, 0.717) is 21.2 Å². The van der Waals surface area contributed by atoms with Gasteiger partial charge in [-0.1, -0.05) is 41.4 Å². The topological polar surface area (TPSA) is 50.4 Å². The van der Waals surface area contributed by atoms with Crippen LogP contribution >= 0.6 is 23.2 Å². The first kappa shape index (κ1) is 18.3. The van der Waals surface area contributed by atoms with E-state index in [9.17, 15) is 13.6 Å². The lowest BCUT2D eigenvalue weighted by atomic mass is 10.2. The normalized spacial score (nSPS) is 10.6. The second-order valence-corrected chi connectivity index (χ2v) is 5.71. The van der Waals surface area contributed by atoms with E-state index < -0.39 is 12.6 Å². The summed E-state index contributed by atoms with van der Waals surface area (Å²) in [6.45, 7) is -1.16. The summed E-state index contributed by atoms with van der Waals surface area (Å²) in [6.07, 6.45) is 0. The molecular weight excluding hydrogens is 361 g/mol. The van der Waals surface area contributed by atoms with Crippen LogP contribution in [0.2, 0.25) is 10.0 Å². The van der Waals surface area contributed by atoms with Crippen molar-refractivity contribution >= 4 is 34.9 Å². The molecule has 0 aromatic heterocycles. The van der Waals surface area contributed by atoms with Crippen molar-refractivity contribution in [1.29, 1.82) is 0 Å². The number of benzene rings is 2. The Balaban J connectivity index is 2.04. The number of carbonyl (C=O) groups is 1. The largest absolute Gasteiger partial charge is 0.433 e. The summed E-state index contributed by atoms with van der Waals surface area (Å²) < 4.78 is 29.3. The van der Waals surface area contributed by atoms with E-state index in [-0.39, 0.29) is 18.0 Å². The molecule has 0 saturated carbocycles. The standard InChI is InChI=1S/C16H14Cl2F2N2O2/c1-9-3-2-4-13(24-15(19)20)14(9)22-16(23)21-8-10-5-6-11(17)7-12(10)18/h2-7,15H,8H2,1H3,(H2,21,22,23). The summed E-state index contributed by atoms with van der Waals surface area (Å²) in [5, 5.41) is 6.01. The van der Waals surface area contributed by atoms with Crippen LogP contribution in [0.1, 0.15) is 11.1 Å². The number of halogens is 4. The molecule has 0 radical (unpaired) electrons. The van der Waals surface area contributed by atoms with E-state index in [1.54, 1.807) is 37.3 Å². The number of ether oxygens (including phenoxy) is 1. The summed E-state index contributed by atoms with van der Waals surface area (Å²) in [7, 11) is 0. The first-order valence-electron chi connectivity index (χ1n) is 6.90. The summed E-state index contributed by atoms with van der Waals surface area (Å²) in [5.74, 6) is -0.107. The number of para-hydroxylation sites is 1. The van der Waals surface area contributed by atoms with Gasteiger partial charge in [0.1, 0.15) is 5.75 Å². The van der Waals surface area contributed by atoms with E-state index in [0.717, 1.165) is 0 Å². The predicted molar refractivity (Wildman–Crippen MR) is 90.1 cm³/mol. The molecule has 0 fully saturated rings. The molecule has 0 aliphatic heterocycles. The van der Waals surface area contributed by atoms with Crippen molar-refractivity contribution in [2.24, 2.45) is 0 Å². The average molecular weight is 375 g/mol. The molecular formula is C16H14Cl2F2N2O2. The minimum Gasteiger partial charge on any atom is -0.433 e.